The Bertz CT molecular complexity index is 163. The van der Waals surface area contributed by atoms with Gasteiger partial charge >= 0.3 is 13.8 Å². The third-order valence-electron chi connectivity index (χ3n) is 0.175. The van der Waals surface area contributed by atoms with Crippen molar-refractivity contribution in [3.63, 3.8) is 0 Å². The molecule has 12 heavy (non-hydrogen) atoms. The van der Waals surface area contributed by atoms with E-state index in [1.165, 1.54) is 0 Å². The van der Waals surface area contributed by atoms with Crippen molar-refractivity contribution in [3.8, 4) is 0 Å². The van der Waals surface area contributed by atoms with E-state index in [1.54, 1.807) is 0 Å². The van der Waals surface area contributed by atoms with Gasteiger partial charge in [0.1, 0.15) is 0 Å². The van der Waals surface area contributed by atoms with Gasteiger partial charge in [0.05, 0.1) is 0 Å². The molecule has 0 aliphatic carbocycles. The van der Waals surface area contributed by atoms with Gasteiger partial charge in [-0.3, -0.25) is 0 Å². The SMILES string of the molecule is C=C.C=CC(=O)O.O=P(O)(O)O. The fourth-order valence-electron chi connectivity index (χ4n) is 0. The van der Waals surface area contributed by atoms with Crippen LogP contribution >= 0.6 is 7.82 Å². The lowest BCUT2D eigenvalue weighted by atomic mass is 10.7. The number of phosphoric acid groups is 1. The van der Waals surface area contributed by atoms with E-state index in [4.69, 9.17) is 24.4 Å². The van der Waals surface area contributed by atoms with Crippen molar-refractivity contribution in [3.05, 3.63) is 25.8 Å². The molecule has 0 atom stereocenters. The summed E-state index contributed by atoms with van der Waals surface area (Å²) < 4.78 is 8.88. The molecule has 0 heterocycles. The predicted molar refractivity (Wildman–Crippen MR) is 43.3 cm³/mol. The van der Waals surface area contributed by atoms with Gasteiger partial charge in [-0.25, -0.2) is 9.36 Å². The fraction of sp³-hybridized carbons (Fsp3) is 0. The van der Waals surface area contributed by atoms with E-state index in [0.29, 0.717) is 0 Å². The van der Waals surface area contributed by atoms with Crippen LogP contribution in [-0.4, -0.2) is 25.8 Å². The molecule has 0 aromatic heterocycles. The maximum Gasteiger partial charge on any atom is 0.466 e. The Hall–Kier alpha value is -0.940. The van der Waals surface area contributed by atoms with Crippen molar-refractivity contribution in [2.24, 2.45) is 0 Å². The Morgan fingerprint density at radius 1 is 1.25 bits per heavy atom. The van der Waals surface area contributed by atoms with E-state index in [0.717, 1.165) is 6.08 Å². The zero-order chi connectivity index (χ0) is 10.8. The van der Waals surface area contributed by atoms with Crippen molar-refractivity contribution in [1.29, 1.82) is 0 Å². The highest BCUT2D eigenvalue weighted by atomic mass is 31.2. The van der Waals surface area contributed by atoms with Crippen LogP contribution in [0.25, 0.3) is 0 Å². The lowest BCUT2D eigenvalue weighted by molar-refractivity contribution is -0.131. The summed E-state index contributed by atoms with van der Waals surface area (Å²) >= 11 is 0. The largest absolute Gasteiger partial charge is 0.478 e. The highest BCUT2D eigenvalue weighted by Gasteiger charge is 2.00. The van der Waals surface area contributed by atoms with Crippen molar-refractivity contribution >= 4 is 13.8 Å². The third kappa shape index (κ3) is 524. The smallest absolute Gasteiger partial charge is 0.466 e. The molecular formula is C5H11O6P. The summed E-state index contributed by atoms with van der Waals surface area (Å²) in [5.74, 6) is -0.981. The van der Waals surface area contributed by atoms with Crippen LogP contribution in [0.5, 0.6) is 0 Å². The molecule has 0 fully saturated rings. The summed E-state index contributed by atoms with van der Waals surface area (Å²) in [5.41, 5.74) is 0. The second-order valence-electron chi connectivity index (χ2n) is 1.06. The van der Waals surface area contributed by atoms with Crippen molar-refractivity contribution in [2.45, 2.75) is 0 Å². The minimum absolute atomic E-state index is 0.833. The lowest BCUT2D eigenvalue weighted by Crippen LogP contribution is -1.82. The van der Waals surface area contributed by atoms with E-state index in [2.05, 4.69) is 19.7 Å². The molecule has 0 bridgehead atoms. The Labute approximate surface area is 69.7 Å². The van der Waals surface area contributed by atoms with Crippen LogP contribution in [0.4, 0.5) is 0 Å². The zero-order valence-corrected chi connectivity index (χ0v) is 7.15. The number of hydrogen-bond acceptors (Lipinski definition) is 2. The summed E-state index contributed by atoms with van der Waals surface area (Å²) in [6.45, 7) is 8.96. The maximum atomic E-state index is 9.25. The molecule has 6 nitrogen and oxygen atoms in total. The van der Waals surface area contributed by atoms with E-state index in [9.17, 15) is 4.79 Å². The number of hydrogen-bond donors (Lipinski definition) is 4. The first-order valence-electron chi connectivity index (χ1n) is 2.41. The average molecular weight is 198 g/mol. The molecule has 0 aromatic rings. The number of carboxylic acids is 1. The molecule has 0 aliphatic rings. The van der Waals surface area contributed by atoms with Gasteiger partial charge in [-0.05, 0) is 0 Å². The van der Waals surface area contributed by atoms with Crippen LogP contribution in [0.3, 0.4) is 0 Å². The molecule has 72 valence electrons. The molecule has 0 radical (unpaired) electrons. The highest BCUT2D eigenvalue weighted by Crippen LogP contribution is 2.25. The molecule has 0 saturated heterocycles. The van der Waals surface area contributed by atoms with Gasteiger partial charge in [0.2, 0.25) is 0 Å². The molecule has 4 N–H and O–H groups in total. The van der Waals surface area contributed by atoms with Crippen molar-refractivity contribution < 1.29 is 29.1 Å². The lowest BCUT2D eigenvalue weighted by Gasteiger charge is -1.82. The molecular weight excluding hydrogens is 187 g/mol. The molecule has 0 aromatic carbocycles. The van der Waals surface area contributed by atoms with E-state index < -0.39 is 13.8 Å². The second-order valence-corrected chi connectivity index (χ2v) is 2.08. The van der Waals surface area contributed by atoms with Gasteiger partial charge in [-0.15, -0.1) is 13.2 Å². The molecule has 0 saturated carbocycles. The molecule has 0 rings (SSSR count). The number of aliphatic carboxylic acids is 1. The number of carbonyl (C=O) groups is 1. The molecule has 7 heteroatoms. The summed E-state index contributed by atoms with van der Waals surface area (Å²) in [6.07, 6.45) is 0.833. The minimum atomic E-state index is -4.64. The van der Waals surface area contributed by atoms with Gasteiger partial charge in [0.15, 0.2) is 0 Å². The van der Waals surface area contributed by atoms with Crippen LogP contribution in [0.1, 0.15) is 0 Å². The van der Waals surface area contributed by atoms with Crippen LogP contribution in [0.15, 0.2) is 25.8 Å². The van der Waals surface area contributed by atoms with Gasteiger partial charge in [-0.1, -0.05) is 6.58 Å². The van der Waals surface area contributed by atoms with Crippen molar-refractivity contribution in [1.82, 2.24) is 0 Å². The first kappa shape index (κ1) is 17.2. The predicted octanol–water partition coefficient (Wildman–Crippen LogP) is 0.131. The van der Waals surface area contributed by atoms with Crippen molar-refractivity contribution in [2.75, 3.05) is 0 Å². The standard InChI is InChI=1S/C3H4O2.C2H4.H3O4P/c1-2-3(4)5;1-2;1-5(2,3)4/h2H,1H2,(H,4,5);1-2H2;(H3,1,2,3,4). The average Bonchev–Trinajstić information content (AvgIpc) is 1.89. The van der Waals surface area contributed by atoms with Crippen LogP contribution in [0.2, 0.25) is 0 Å². The summed E-state index contributed by atoms with van der Waals surface area (Å²) in [5, 5.41) is 7.60. The summed E-state index contributed by atoms with van der Waals surface area (Å²) in [4.78, 5) is 30.8. The van der Waals surface area contributed by atoms with E-state index in [1.807, 2.05) is 0 Å². The molecule has 0 unspecified atom stereocenters. The topological polar surface area (TPSA) is 115 Å². The van der Waals surface area contributed by atoms with Crippen LogP contribution < -0.4 is 0 Å². The number of carboxylic acid groups (broad SMARTS) is 1. The Kier molecular flexibility index (Phi) is 14.4. The molecule has 0 amide bonds. The maximum absolute atomic E-state index is 9.25. The summed E-state index contributed by atoms with van der Waals surface area (Å²) in [7, 11) is -4.64. The van der Waals surface area contributed by atoms with Gasteiger partial charge in [0, 0.05) is 6.08 Å². The third-order valence-corrected chi connectivity index (χ3v) is 0.175. The molecule has 0 aliphatic heterocycles. The van der Waals surface area contributed by atoms with Crippen LogP contribution in [-0.2, 0) is 9.36 Å². The van der Waals surface area contributed by atoms with E-state index >= 15 is 0 Å². The first-order valence-corrected chi connectivity index (χ1v) is 3.97. The normalized spacial score (nSPS) is 7.92. The quantitative estimate of drug-likeness (QED) is 0.270. The minimum Gasteiger partial charge on any atom is -0.478 e. The monoisotopic (exact) mass is 198 g/mol. The van der Waals surface area contributed by atoms with E-state index in [-0.39, 0.29) is 0 Å². The Morgan fingerprint density at radius 3 is 1.33 bits per heavy atom. The molecule has 0 spiro atoms. The van der Waals surface area contributed by atoms with Crippen LogP contribution in [0, 0.1) is 0 Å². The van der Waals surface area contributed by atoms with Gasteiger partial charge < -0.3 is 19.8 Å². The first-order chi connectivity index (χ1) is 5.27. The Balaban J connectivity index is -0.000000112. The van der Waals surface area contributed by atoms with Gasteiger partial charge in [-0.2, -0.15) is 0 Å². The second kappa shape index (κ2) is 10.1. The van der Waals surface area contributed by atoms with Gasteiger partial charge in [0.25, 0.3) is 0 Å². The highest BCUT2D eigenvalue weighted by molar-refractivity contribution is 7.45. The number of rotatable bonds is 1. The zero-order valence-electron chi connectivity index (χ0n) is 6.25. The Morgan fingerprint density at radius 2 is 1.33 bits per heavy atom. The summed E-state index contributed by atoms with van der Waals surface area (Å²) in [6, 6.07) is 0. The fourth-order valence-corrected chi connectivity index (χ4v) is 0.